The summed E-state index contributed by atoms with van der Waals surface area (Å²) in [5.74, 6) is 1.06. The van der Waals surface area contributed by atoms with Crippen molar-refractivity contribution in [1.29, 1.82) is 0 Å². The molecule has 0 aliphatic heterocycles. The Balaban J connectivity index is 1.87. The van der Waals surface area contributed by atoms with Crippen molar-refractivity contribution < 1.29 is 9.53 Å². The van der Waals surface area contributed by atoms with Gasteiger partial charge in [0.15, 0.2) is 0 Å². The smallest absolute Gasteiger partial charge is 0.257 e. The number of amides is 1. The maximum absolute atomic E-state index is 12.2. The van der Waals surface area contributed by atoms with Crippen LogP contribution < -0.4 is 10.1 Å². The van der Waals surface area contributed by atoms with Crippen molar-refractivity contribution in [2.75, 3.05) is 11.9 Å². The molecule has 2 aromatic rings. The predicted molar refractivity (Wildman–Crippen MR) is 97.9 cm³/mol. The Labute approximate surface area is 147 Å². The van der Waals surface area contributed by atoms with Crippen LogP contribution in [0.2, 0.25) is 0 Å². The fourth-order valence-corrected chi connectivity index (χ4v) is 2.84. The van der Waals surface area contributed by atoms with E-state index in [0.717, 1.165) is 23.6 Å². The van der Waals surface area contributed by atoms with E-state index in [9.17, 15) is 4.79 Å². The number of anilines is 1. The molecule has 24 heavy (non-hydrogen) atoms. The fraction of sp³-hybridized carbons (Fsp3) is 0.500. The molecular weight excluding hydrogens is 322 g/mol. The van der Waals surface area contributed by atoms with Crippen LogP contribution in [0.4, 0.5) is 5.13 Å². The van der Waals surface area contributed by atoms with E-state index in [1.165, 1.54) is 24.2 Å². The Morgan fingerprint density at radius 2 is 1.96 bits per heavy atom. The van der Waals surface area contributed by atoms with Crippen molar-refractivity contribution in [2.24, 2.45) is 5.92 Å². The lowest BCUT2D eigenvalue weighted by atomic mass is 10.2. The van der Waals surface area contributed by atoms with Gasteiger partial charge in [-0.2, -0.15) is 0 Å². The molecule has 0 spiro atoms. The molecule has 0 saturated heterocycles. The van der Waals surface area contributed by atoms with Gasteiger partial charge < -0.3 is 4.74 Å². The molecule has 0 aliphatic rings. The number of hydrogen-bond acceptors (Lipinski definition) is 5. The van der Waals surface area contributed by atoms with Gasteiger partial charge in [0.1, 0.15) is 10.8 Å². The highest BCUT2D eigenvalue weighted by Gasteiger charge is 2.10. The van der Waals surface area contributed by atoms with Crippen LogP contribution in [-0.4, -0.2) is 22.7 Å². The Bertz CT molecular complexity index is 638. The highest BCUT2D eigenvalue weighted by molar-refractivity contribution is 7.15. The molecule has 5 nitrogen and oxygen atoms in total. The Kier molecular flexibility index (Phi) is 7.18. The number of benzene rings is 1. The first-order valence-electron chi connectivity index (χ1n) is 8.45. The summed E-state index contributed by atoms with van der Waals surface area (Å²) >= 11 is 1.44. The molecule has 0 radical (unpaired) electrons. The minimum Gasteiger partial charge on any atom is -0.493 e. The molecule has 130 valence electrons. The van der Waals surface area contributed by atoms with Crippen molar-refractivity contribution in [1.82, 2.24) is 10.2 Å². The number of rotatable bonds is 9. The van der Waals surface area contributed by atoms with E-state index < -0.39 is 0 Å². The van der Waals surface area contributed by atoms with E-state index in [1.54, 1.807) is 12.1 Å². The second kappa shape index (κ2) is 9.37. The highest BCUT2D eigenvalue weighted by atomic mass is 32.1. The van der Waals surface area contributed by atoms with Crippen LogP contribution in [0, 0.1) is 5.92 Å². The maximum atomic E-state index is 12.2. The van der Waals surface area contributed by atoms with Crippen LogP contribution in [-0.2, 0) is 6.42 Å². The summed E-state index contributed by atoms with van der Waals surface area (Å²) in [5.41, 5.74) is 0.578. The summed E-state index contributed by atoms with van der Waals surface area (Å²) in [6.07, 6.45) is 4.39. The second-order valence-corrected chi connectivity index (χ2v) is 7.20. The van der Waals surface area contributed by atoms with Gasteiger partial charge in [-0.25, -0.2) is 0 Å². The van der Waals surface area contributed by atoms with Crippen LogP contribution in [0.15, 0.2) is 24.3 Å². The molecular formula is C18H25N3O2S. The molecule has 1 heterocycles. The van der Waals surface area contributed by atoms with Crippen molar-refractivity contribution in [3.05, 3.63) is 34.8 Å². The Morgan fingerprint density at radius 3 is 2.62 bits per heavy atom. The lowest BCUT2D eigenvalue weighted by molar-refractivity contribution is 0.102. The zero-order valence-electron chi connectivity index (χ0n) is 14.5. The first kappa shape index (κ1) is 18.4. The van der Waals surface area contributed by atoms with E-state index in [-0.39, 0.29) is 5.91 Å². The second-order valence-electron chi connectivity index (χ2n) is 6.14. The average Bonchev–Trinajstić information content (AvgIpc) is 3.01. The van der Waals surface area contributed by atoms with Crippen molar-refractivity contribution in [2.45, 2.75) is 46.5 Å². The number of carbonyl (C=O) groups excluding carboxylic acids is 1. The van der Waals surface area contributed by atoms with Crippen LogP contribution in [0.3, 0.4) is 0 Å². The lowest BCUT2D eigenvalue weighted by Gasteiger charge is -2.09. The van der Waals surface area contributed by atoms with Crippen LogP contribution in [0.25, 0.3) is 0 Å². The Hall–Kier alpha value is -1.95. The molecule has 0 unspecified atom stereocenters. The van der Waals surface area contributed by atoms with Gasteiger partial charge in [0, 0.05) is 12.0 Å². The summed E-state index contributed by atoms with van der Waals surface area (Å²) in [5, 5.41) is 12.5. The third-order valence-corrected chi connectivity index (χ3v) is 4.28. The quantitative estimate of drug-likeness (QED) is 0.676. The molecule has 2 rings (SSSR count). The third kappa shape index (κ3) is 5.92. The zero-order chi connectivity index (χ0) is 17.4. The van der Waals surface area contributed by atoms with E-state index in [2.05, 4.69) is 36.3 Å². The summed E-state index contributed by atoms with van der Waals surface area (Å²) in [7, 11) is 0. The van der Waals surface area contributed by atoms with Gasteiger partial charge in [0.25, 0.3) is 5.91 Å². The summed E-state index contributed by atoms with van der Waals surface area (Å²) < 4.78 is 5.62. The van der Waals surface area contributed by atoms with Gasteiger partial charge in [-0.1, -0.05) is 44.9 Å². The minimum atomic E-state index is -0.179. The fourth-order valence-electron chi connectivity index (χ4n) is 2.07. The first-order chi connectivity index (χ1) is 11.6. The molecule has 0 bridgehead atoms. The maximum Gasteiger partial charge on any atom is 0.257 e. The number of hydrogen-bond donors (Lipinski definition) is 1. The molecule has 0 fully saturated rings. The molecule has 1 N–H and O–H groups in total. The summed E-state index contributed by atoms with van der Waals surface area (Å²) in [6, 6.07) is 7.14. The number of unbranched alkanes of at least 4 members (excludes halogenated alkanes) is 2. The van der Waals surface area contributed by atoms with Crippen LogP contribution >= 0.6 is 11.3 Å². The normalized spacial score (nSPS) is 10.8. The number of aryl methyl sites for hydroxylation is 1. The summed E-state index contributed by atoms with van der Waals surface area (Å²) in [6.45, 7) is 7.03. The molecule has 0 saturated carbocycles. The topological polar surface area (TPSA) is 64.1 Å². The Morgan fingerprint density at radius 1 is 1.21 bits per heavy atom. The molecule has 0 atom stereocenters. The van der Waals surface area contributed by atoms with Gasteiger partial charge >= 0.3 is 0 Å². The minimum absolute atomic E-state index is 0.179. The van der Waals surface area contributed by atoms with Gasteiger partial charge in [-0.3, -0.25) is 10.1 Å². The predicted octanol–water partition coefficient (Wildman–Crippen LogP) is 4.56. The van der Waals surface area contributed by atoms with Crippen molar-refractivity contribution in [3.8, 4) is 5.75 Å². The van der Waals surface area contributed by atoms with Crippen molar-refractivity contribution in [3.63, 3.8) is 0 Å². The lowest BCUT2D eigenvalue weighted by Crippen LogP contribution is -2.11. The van der Waals surface area contributed by atoms with E-state index >= 15 is 0 Å². The number of carbonyl (C=O) groups is 1. The average molecular weight is 347 g/mol. The molecule has 1 amide bonds. The van der Waals surface area contributed by atoms with Crippen LogP contribution in [0.5, 0.6) is 5.75 Å². The SMILES string of the molecule is CCCCCc1nnc(NC(=O)c2ccc(OCC(C)C)cc2)s1. The van der Waals surface area contributed by atoms with Crippen molar-refractivity contribution >= 4 is 22.4 Å². The molecule has 1 aromatic heterocycles. The van der Waals surface area contributed by atoms with Crippen LogP contribution in [0.1, 0.15) is 55.4 Å². The highest BCUT2D eigenvalue weighted by Crippen LogP contribution is 2.19. The zero-order valence-corrected chi connectivity index (χ0v) is 15.4. The number of ether oxygens (including phenoxy) is 1. The van der Waals surface area contributed by atoms with E-state index in [1.807, 2.05) is 12.1 Å². The number of nitrogens with zero attached hydrogens (tertiary/aromatic N) is 2. The van der Waals surface area contributed by atoms with Gasteiger partial charge in [0.05, 0.1) is 6.61 Å². The largest absolute Gasteiger partial charge is 0.493 e. The molecule has 6 heteroatoms. The molecule has 1 aromatic carbocycles. The monoisotopic (exact) mass is 347 g/mol. The standard InChI is InChI=1S/C18H25N3O2S/c1-4-5-6-7-16-20-21-18(24-16)19-17(22)14-8-10-15(11-9-14)23-12-13(2)3/h8-11,13H,4-7,12H2,1-3H3,(H,19,21,22). The number of nitrogens with one attached hydrogen (secondary N) is 1. The van der Waals surface area contributed by atoms with Gasteiger partial charge in [-0.15, -0.1) is 10.2 Å². The number of aromatic nitrogens is 2. The summed E-state index contributed by atoms with van der Waals surface area (Å²) in [4.78, 5) is 12.2. The van der Waals surface area contributed by atoms with E-state index in [0.29, 0.717) is 23.2 Å². The van der Waals surface area contributed by atoms with Gasteiger partial charge in [-0.05, 0) is 36.6 Å². The first-order valence-corrected chi connectivity index (χ1v) is 9.26. The van der Waals surface area contributed by atoms with Gasteiger partial charge in [0.2, 0.25) is 5.13 Å². The molecule has 0 aliphatic carbocycles. The third-order valence-electron chi connectivity index (χ3n) is 3.38. The van der Waals surface area contributed by atoms with E-state index in [4.69, 9.17) is 4.74 Å².